The first-order chi connectivity index (χ1) is 22.5. The predicted octanol–water partition coefficient (Wildman–Crippen LogP) is 2.76. The molecule has 14 heteroatoms. The molecule has 254 valence electrons. The molecule has 48 heavy (non-hydrogen) atoms. The van der Waals surface area contributed by atoms with Crippen LogP contribution in [0, 0.1) is 0 Å². The van der Waals surface area contributed by atoms with E-state index in [1.54, 1.807) is 30.1 Å². The monoisotopic (exact) mass is 661 g/mol. The predicted molar refractivity (Wildman–Crippen MR) is 180 cm³/mol. The van der Waals surface area contributed by atoms with Crippen molar-refractivity contribution in [1.82, 2.24) is 14.8 Å². The lowest BCUT2D eigenvalue weighted by atomic mass is 10.00. The first-order valence-corrected chi connectivity index (χ1v) is 14.8. The molecule has 0 aliphatic carbocycles. The van der Waals surface area contributed by atoms with Gasteiger partial charge in [-0.25, -0.2) is 9.79 Å². The maximum atomic E-state index is 12.9. The largest absolute Gasteiger partial charge is 0.494 e. The van der Waals surface area contributed by atoms with Gasteiger partial charge in [0.15, 0.2) is 5.88 Å². The molecule has 0 unspecified atom stereocenters. The Morgan fingerprint density at radius 3 is 2.08 bits per heavy atom. The number of ether oxygens (including phenoxy) is 1. The normalized spacial score (nSPS) is 13.5. The van der Waals surface area contributed by atoms with Crippen LogP contribution in [0.15, 0.2) is 77.8 Å². The summed E-state index contributed by atoms with van der Waals surface area (Å²) in [5.41, 5.74) is 4.34. The lowest BCUT2D eigenvalue weighted by Gasteiger charge is -2.32. The topological polar surface area (TPSA) is 208 Å². The second-order valence-corrected chi connectivity index (χ2v) is 10.9. The summed E-state index contributed by atoms with van der Waals surface area (Å²) in [5.74, 6) is -3.09. The number of carboxylic acid groups (broad SMARTS) is 2. The standard InChI is InChI=1S/C31H33N5O4.C3H4O4.H2O/c1-34-15-17-36(18-16-34)20-27(37)35(2)24-12-10-23(11-13-24)32-29(21-7-5-4-6-8-21)28-25-14-9-22(31(39)40-3)19-26(25)33-30(28)38;4-2(5)1-3(6)7;/h4-14,19,33,38H,15-18,20H2,1-3H3;1H2,(H,4,5)(H,6,7);1H2. The van der Waals surface area contributed by atoms with Crippen molar-refractivity contribution in [2.45, 2.75) is 6.42 Å². The van der Waals surface area contributed by atoms with Gasteiger partial charge in [0.25, 0.3) is 0 Å². The Morgan fingerprint density at radius 1 is 0.896 bits per heavy atom. The van der Waals surface area contributed by atoms with Gasteiger partial charge in [-0.2, -0.15) is 0 Å². The van der Waals surface area contributed by atoms with E-state index < -0.39 is 24.3 Å². The van der Waals surface area contributed by atoms with Gasteiger partial charge < -0.3 is 40.3 Å². The molecule has 1 saturated heterocycles. The summed E-state index contributed by atoms with van der Waals surface area (Å²) in [6, 6.07) is 22.2. The number of carbonyl (C=O) groups is 4. The molecule has 14 nitrogen and oxygen atoms in total. The molecule has 0 atom stereocenters. The zero-order chi connectivity index (χ0) is 34.1. The summed E-state index contributed by atoms with van der Waals surface area (Å²) >= 11 is 0. The number of likely N-dealkylation sites (N-methyl/N-ethyl adjacent to an activating group) is 2. The number of aliphatic imine (C=N–C) groups is 1. The van der Waals surface area contributed by atoms with E-state index in [-0.39, 0.29) is 17.3 Å². The first-order valence-electron chi connectivity index (χ1n) is 14.8. The van der Waals surface area contributed by atoms with E-state index in [1.165, 1.54) is 7.11 Å². The van der Waals surface area contributed by atoms with Gasteiger partial charge in [0.2, 0.25) is 5.91 Å². The average Bonchev–Trinajstić information content (AvgIpc) is 3.38. The van der Waals surface area contributed by atoms with Crippen molar-refractivity contribution in [1.29, 1.82) is 0 Å². The smallest absolute Gasteiger partial charge is 0.337 e. The quantitative estimate of drug-likeness (QED) is 0.117. The highest BCUT2D eigenvalue weighted by atomic mass is 16.5. The van der Waals surface area contributed by atoms with Crippen LogP contribution < -0.4 is 4.90 Å². The van der Waals surface area contributed by atoms with Crippen molar-refractivity contribution in [3.8, 4) is 5.88 Å². The number of methoxy groups -OCH3 is 1. The Labute approximate surface area is 276 Å². The maximum Gasteiger partial charge on any atom is 0.337 e. The van der Waals surface area contributed by atoms with Crippen LogP contribution in [0.4, 0.5) is 11.4 Å². The number of nitrogens with one attached hydrogen (secondary N) is 1. The molecular weight excluding hydrogens is 622 g/mol. The molecule has 1 amide bonds. The van der Waals surface area contributed by atoms with E-state index in [0.717, 1.165) is 42.8 Å². The summed E-state index contributed by atoms with van der Waals surface area (Å²) in [5, 5.41) is 27.1. The van der Waals surface area contributed by atoms with Crippen LogP contribution in [-0.2, 0) is 19.1 Å². The fourth-order valence-corrected chi connectivity index (χ4v) is 4.99. The number of carboxylic acids is 2. The number of benzene rings is 3. The molecule has 1 aromatic heterocycles. The number of esters is 1. The Hall–Kier alpha value is -5.57. The van der Waals surface area contributed by atoms with Crippen LogP contribution in [0.25, 0.3) is 10.9 Å². The maximum absolute atomic E-state index is 12.9. The van der Waals surface area contributed by atoms with Crippen LogP contribution in [0.3, 0.4) is 0 Å². The second-order valence-electron chi connectivity index (χ2n) is 10.9. The number of aromatic nitrogens is 1. The van der Waals surface area contributed by atoms with E-state index in [9.17, 15) is 24.3 Å². The molecule has 0 radical (unpaired) electrons. The molecule has 1 aliphatic heterocycles. The van der Waals surface area contributed by atoms with Gasteiger partial charge in [-0.1, -0.05) is 36.4 Å². The van der Waals surface area contributed by atoms with Gasteiger partial charge in [-0.15, -0.1) is 0 Å². The molecule has 3 aromatic carbocycles. The molecule has 1 fully saturated rings. The van der Waals surface area contributed by atoms with E-state index in [1.807, 2.05) is 54.6 Å². The van der Waals surface area contributed by atoms with Crippen molar-refractivity contribution < 1.29 is 44.7 Å². The molecule has 0 spiro atoms. The number of aromatic amines is 1. The zero-order valence-corrected chi connectivity index (χ0v) is 26.8. The third-order valence-corrected chi connectivity index (χ3v) is 7.59. The molecular formula is C34H39N5O9. The number of piperazine rings is 1. The van der Waals surface area contributed by atoms with Gasteiger partial charge in [-0.05, 0) is 43.4 Å². The summed E-state index contributed by atoms with van der Waals surface area (Å²) in [7, 11) is 5.22. The number of rotatable bonds is 9. The van der Waals surface area contributed by atoms with Crippen molar-refractivity contribution in [3.63, 3.8) is 0 Å². The number of anilines is 1. The minimum Gasteiger partial charge on any atom is -0.494 e. The molecule has 4 aromatic rings. The Balaban J connectivity index is 0.000000706. The molecule has 5 rings (SSSR count). The third kappa shape index (κ3) is 9.48. The third-order valence-electron chi connectivity index (χ3n) is 7.59. The van der Waals surface area contributed by atoms with Crippen molar-refractivity contribution >= 4 is 51.8 Å². The zero-order valence-electron chi connectivity index (χ0n) is 26.8. The Bertz CT molecular complexity index is 1750. The summed E-state index contributed by atoms with van der Waals surface area (Å²) in [4.78, 5) is 57.8. The van der Waals surface area contributed by atoms with Crippen LogP contribution >= 0.6 is 0 Å². The highest BCUT2D eigenvalue weighted by molar-refractivity contribution is 6.22. The molecule has 2 heterocycles. The highest BCUT2D eigenvalue weighted by Crippen LogP contribution is 2.32. The number of fused-ring (bicyclic) bond motifs is 1. The number of H-pyrrole nitrogens is 1. The van der Waals surface area contributed by atoms with Crippen LogP contribution in [0.2, 0.25) is 0 Å². The van der Waals surface area contributed by atoms with Crippen LogP contribution in [0.1, 0.15) is 27.9 Å². The number of nitrogens with zero attached hydrogens (tertiary/aromatic N) is 4. The van der Waals surface area contributed by atoms with Gasteiger partial charge in [0.1, 0.15) is 6.42 Å². The van der Waals surface area contributed by atoms with Gasteiger partial charge in [-0.3, -0.25) is 19.3 Å². The number of aliphatic carboxylic acids is 2. The number of hydrogen-bond acceptors (Lipinski definition) is 9. The summed E-state index contributed by atoms with van der Waals surface area (Å²) in [6.07, 6.45) is -0.806. The van der Waals surface area contributed by atoms with Gasteiger partial charge in [0.05, 0.1) is 36.2 Å². The fraction of sp³-hybridized carbons (Fsp3) is 0.265. The molecule has 6 N–H and O–H groups in total. The van der Waals surface area contributed by atoms with Gasteiger partial charge >= 0.3 is 17.9 Å². The first kappa shape index (κ1) is 36.9. The van der Waals surface area contributed by atoms with Gasteiger partial charge in [0, 0.05) is 55.4 Å². The Kier molecular flexibility index (Phi) is 12.9. The van der Waals surface area contributed by atoms with Crippen LogP contribution in [0.5, 0.6) is 5.88 Å². The van der Waals surface area contributed by atoms with E-state index in [0.29, 0.717) is 34.6 Å². The average molecular weight is 662 g/mol. The minimum absolute atomic E-state index is 0. The minimum atomic E-state index is -1.31. The summed E-state index contributed by atoms with van der Waals surface area (Å²) < 4.78 is 4.83. The van der Waals surface area contributed by atoms with E-state index in [2.05, 4.69) is 21.8 Å². The molecule has 0 bridgehead atoms. The van der Waals surface area contributed by atoms with Crippen molar-refractivity contribution in [3.05, 3.63) is 89.5 Å². The fourth-order valence-electron chi connectivity index (χ4n) is 4.99. The lowest BCUT2D eigenvalue weighted by molar-refractivity contribution is -0.147. The lowest BCUT2D eigenvalue weighted by Crippen LogP contribution is -2.48. The van der Waals surface area contributed by atoms with Crippen molar-refractivity contribution in [2.75, 3.05) is 58.8 Å². The number of amides is 1. The van der Waals surface area contributed by atoms with E-state index >= 15 is 0 Å². The van der Waals surface area contributed by atoms with E-state index in [4.69, 9.17) is 19.9 Å². The number of hydrogen-bond donors (Lipinski definition) is 4. The van der Waals surface area contributed by atoms with Crippen molar-refractivity contribution in [2.24, 2.45) is 4.99 Å². The molecule has 1 aliphatic rings. The second kappa shape index (κ2) is 16.8. The SMILES string of the molecule is COC(=O)c1ccc2c(C(=Nc3ccc(N(C)C(=O)CN4CCN(C)CC4)cc3)c3ccccc3)c(O)[nH]c2c1.O.O=C(O)CC(=O)O. The molecule has 0 saturated carbocycles. The number of carbonyl (C=O) groups excluding carboxylic acids is 2. The highest BCUT2D eigenvalue weighted by Gasteiger charge is 2.21. The summed E-state index contributed by atoms with van der Waals surface area (Å²) in [6.45, 7) is 4.09. The number of aromatic hydroxyl groups is 1. The Morgan fingerprint density at radius 2 is 1.52 bits per heavy atom. The van der Waals surface area contributed by atoms with Crippen LogP contribution in [-0.4, -0.2) is 119 Å².